The number of hydrogen-bond acceptors (Lipinski definition) is 0. The maximum Gasteiger partial charge on any atom is 0.194 e. The van der Waals surface area contributed by atoms with Crippen LogP contribution in [-0.2, 0) is 0 Å². The van der Waals surface area contributed by atoms with E-state index in [0.29, 0.717) is 17.4 Å². The molecule has 0 nitrogen and oxygen atoms in total. The minimum atomic E-state index is -1.37. The van der Waals surface area contributed by atoms with Gasteiger partial charge >= 0.3 is 0 Å². The van der Waals surface area contributed by atoms with Gasteiger partial charge in [0.2, 0.25) is 0 Å². The van der Waals surface area contributed by atoms with Gasteiger partial charge < -0.3 is 0 Å². The predicted molar refractivity (Wildman–Crippen MR) is 114 cm³/mol. The Kier molecular flexibility index (Phi) is 8.03. The third-order valence-electron chi connectivity index (χ3n) is 7.20. The first-order valence-corrected chi connectivity index (χ1v) is 11.5. The van der Waals surface area contributed by atoms with Crippen molar-refractivity contribution in [3.63, 3.8) is 0 Å². The molecule has 0 heterocycles. The molecule has 29 heavy (non-hydrogen) atoms. The Morgan fingerprint density at radius 2 is 1.41 bits per heavy atom. The Bertz CT molecular complexity index is 682. The Morgan fingerprint density at radius 1 is 0.897 bits per heavy atom. The minimum absolute atomic E-state index is 0.137. The van der Waals surface area contributed by atoms with Crippen LogP contribution in [0.1, 0.15) is 89.0 Å². The molecule has 0 unspecified atom stereocenters. The van der Waals surface area contributed by atoms with Crippen LogP contribution in [0.2, 0.25) is 0 Å². The van der Waals surface area contributed by atoms with Gasteiger partial charge in [0.25, 0.3) is 0 Å². The number of hydrogen-bond donors (Lipinski definition) is 0. The summed E-state index contributed by atoms with van der Waals surface area (Å²) in [6.45, 7) is 6.31. The van der Waals surface area contributed by atoms with Gasteiger partial charge in [0.15, 0.2) is 17.5 Å². The van der Waals surface area contributed by atoms with Crippen LogP contribution >= 0.6 is 0 Å². The second-order valence-electron chi connectivity index (χ2n) is 9.22. The zero-order chi connectivity index (χ0) is 20.8. The van der Waals surface area contributed by atoms with Crippen molar-refractivity contribution in [2.75, 3.05) is 0 Å². The van der Waals surface area contributed by atoms with Crippen molar-refractivity contribution in [1.82, 2.24) is 0 Å². The highest BCUT2D eigenvalue weighted by Crippen LogP contribution is 2.38. The van der Waals surface area contributed by atoms with Gasteiger partial charge in [-0.2, -0.15) is 0 Å². The molecule has 2 saturated carbocycles. The van der Waals surface area contributed by atoms with Gasteiger partial charge in [-0.1, -0.05) is 31.2 Å². The summed E-state index contributed by atoms with van der Waals surface area (Å²) in [5.41, 5.74) is 1.99. The van der Waals surface area contributed by atoms with Gasteiger partial charge in [-0.25, -0.2) is 13.2 Å². The van der Waals surface area contributed by atoms with Gasteiger partial charge in [-0.05, 0) is 112 Å². The molecule has 2 aliphatic carbocycles. The summed E-state index contributed by atoms with van der Waals surface area (Å²) in [6, 6.07) is 2.35. The molecule has 1 aromatic carbocycles. The lowest BCUT2D eigenvalue weighted by atomic mass is 9.76. The molecule has 3 rings (SSSR count). The van der Waals surface area contributed by atoms with E-state index in [-0.39, 0.29) is 5.92 Å². The largest absolute Gasteiger partial charge is 0.204 e. The normalized spacial score (nSPS) is 28.0. The van der Waals surface area contributed by atoms with E-state index in [1.54, 1.807) is 0 Å². The van der Waals surface area contributed by atoms with E-state index < -0.39 is 17.5 Å². The van der Waals surface area contributed by atoms with Crippen molar-refractivity contribution in [3.05, 3.63) is 59.5 Å². The Hall–Kier alpha value is -1.51. The average molecular weight is 405 g/mol. The highest BCUT2D eigenvalue weighted by atomic mass is 19.2. The van der Waals surface area contributed by atoms with Crippen molar-refractivity contribution in [1.29, 1.82) is 0 Å². The van der Waals surface area contributed by atoms with Gasteiger partial charge in [-0.15, -0.1) is 0 Å². The summed E-state index contributed by atoms with van der Waals surface area (Å²) in [5.74, 6) is -1.23. The van der Waals surface area contributed by atoms with Gasteiger partial charge in [-0.3, -0.25) is 0 Å². The molecule has 0 N–H and O–H groups in total. The van der Waals surface area contributed by atoms with E-state index in [9.17, 15) is 13.2 Å². The lowest BCUT2D eigenvalue weighted by Gasteiger charge is -2.29. The molecule has 0 spiro atoms. The zero-order valence-corrected chi connectivity index (χ0v) is 17.7. The highest BCUT2D eigenvalue weighted by molar-refractivity contribution is 5.23. The Balaban J connectivity index is 1.41. The number of benzene rings is 1. The highest BCUT2D eigenvalue weighted by Gasteiger charge is 2.24. The predicted octanol–water partition coefficient (Wildman–Crippen LogP) is 8.49. The monoisotopic (exact) mass is 404 g/mol. The van der Waals surface area contributed by atoms with Crippen LogP contribution in [0, 0.1) is 35.2 Å². The summed E-state index contributed by atoms with van der Waals surface area (Å²) in [5, 5.41) is 0. The van der Waals surface area contributed by atoms with Crippen molar-refractivity contribution in [2.45, 2.75) is 83.5 Å². The van der Waals surface area contributed by atoms with Gasteiger partial charge in [0.1, 0.15) is 0 Å². The van der Waals surface area contributed by atoms with E-state index in [4.69, 9.17) is 0 Å². The van der Waals surface area contributed by atoms with Crippen LogP contribution in [0.15, 0.2) is 36.4 Å². The quantitative estimate of drug-likeness (QED) is 0.316. The zero-order valence-electron chi connectivity index (χ0n) is 17.7. The van der Waals surface area contributed by atoms with Crippen molar-refractivity contribution in [3.8, 4) is 0 Å². The first-order valence-electron chi connectivity index (χ1n) is 11.5. The molecule has 160 valence electrons. The maximum atomic E-state index is 13.5. The van der Waals surface area contributed by atoms with Crippen LogP contribution < -0.4 is 0 Å². The molecule has 2 aliphatic rings. The SMILES string of the molecule is C=C(CC)CCC1CCC(/C=C/C2CCC(c3cc(F)c(F)c(F)c3)CC2)CC1. The summed E-state index contributed by atoms with van der Waals surface area (Å²) in [6.07, 6.45) is 17.6. The van der Waals surface area contributed by atoms with Crippen LogP contribution in [0.25, 0.3) is 0 Å². The van der Waals surface area contributed by atoms with E-state index in [0.717, 1.165) is 38.0 Å². The molecule has 0 amide bonds. The molecule has 3 heteroatoms. The standard InChI is InChI=1S/C26H35F3/c1-3-18(2)4-5-19-6-8-20(9-7-19)10-11-21-12-14-22(15-13-21)23-16-24(27)26(29)25(28)17-23/h10-11,16-17,19-22H,2-9,12-15H2,1H3/b11-10+. The van der Waals surface area contributed by atoms with Gasteiger partial charge in [0.05, 0.1) is 0 Å². The fourth-order valence-electron chi connectivity index (χ4n) is 5.02. The number of rotatable bonds is 7. The first-order chi connectivity index (χ1) is 14.0. The maximum absolute atomic E-state index is 13.5. The van der Waals surface area contributed by atoms with Gasteiger partial charge in [0, 0.05) is 0 Å². The smallest absolute Gasteiger partial charge is 0.194 e. The molecule has 0 bridgehead atoms. The molecule has 0 atom stereocenters. The summed E-state index contributed by atoms with van der Waals surface area (Å²) < 4.78 is 40.2. The lowest BCUT2D eigenvalue weighted by molar-refractivity contribution is 0.294. The molecule has 0 aromatic heterocycles. The molecule has 2 fully saturated rings. The lowest BCUT2D eigenvalue weighted by Crippen LogP contribution is -2.15. The second-order valence-corrected chi connectivity index (χ2v) is 9.22. The van der Waals surface area contributed by atoms with Crippen LogP contribution in [0.5, 0.6) is 0 Å². The Morgan fingerprint density at radius 3 is 1.93 bits per heavy atom. The third kappa shape index (κ3) is 6.23. The summed E-state index contributed by atoms with van der Waals surface area (Å²) in [7, 11) is 0. The van der Waals surface area contributed by atoms with E-state index in [2.05, 4.69) is 25.7 Å². The fraction of sp³-hybridized carbons (Fsp3) is 0.615. The number of halogens is 3. The van der Waals surface area contributed by atoms with Crippen LogP contribution in [0.4, 0.5) is 13.2 Å². The van der Waals surface area contributed by atoms with Crippen molar-refractivity contribution >= 4 is 0 Å². The molecule has 0 radical (unpaired) electrons. The fourth-order valence-corrected chi connectivity index (χ4v) is 5.02. The molecule has 0 saturated heterocycles. The third-order valence-corrected chi connectivity index (χ3v) is 7.20. The van der Waals surface area contributed by atoms with E-state index >= 15 is 0 Å². The number of allylic oxidation sites excluding steroid dienone is 3. The minimum Gasteiger partial charge on any atom is -0.204 e. The van der Waals surface area contributed by atoms with E-state index in [1.165, 1.54) is 56.2 Å². The first kappa shape index (κ1) is 22.2. The van der Waals surface area contributed by atoms with Crippen LogP contribution in [0.3, 0.4) is 0 Å². The molecular formula is C26H35F3. The molecular weight excluding hydrogens is 369 g/mol. The second kappa shape index (κ2) is 10.5. The summed E-state index contributed by atoms with van der Waals surface area (Å²) >= 11 is 0. The van der Waals surface area contributed by atoms with E-state index in [1.807, 2.05) is 0 Å². The summed E-state index contributed by atoms with van der Waals surface area (Å²) in [4.78, 5) is 0. The van der Waals surface area contributed by atoms with Crippen molar-refractivity contribution in [2.24, 2.45) is 17.8 Å². The molecule has 1 aromatic rings. The molecule has 0 aliphatic heterocycles. The topological polar surface area (TPSA) is 0 Å². The van der Waals surface area contributed by atoms with Crippen molar-refractivity contribution < 1.29 is 13.2 Å². The average Bonchev–Trinajstić information content (AvgIpc) is 2.75. The van der Waals surface area contributed by atoms with Crippen LogP contribution in [-0.4, -0.2) is 0 Å². The Labute approximate surface area is 174 Å².